The van der Waals surface area contributed by atoms with E-state index in [1.807, 2.05) is 24.3 Å². The van der Waals surface area contributed by atoms with Crippen molar-refractivity contribution in [3.05, 3.63) is 63.1 Å². The van der Waals surface area contributed by atoms with Gasteiger partial charge < -0.3 is 5.32 Å². The van der Waals surface area contributed by atoms with Crippen LogP contribution in [0.15, 0.2) is 46.9 Å². The van der Waals surface area contributed by atoms with Crippen molar-refractivity contribution in [3.63, 3.8) is 0 Å². The molecular formula is C18H15BrClNO2. The zero-order chi connectivity index (χ0) is 16.6. The molecule has 1 fully saturated rings. The summed E-state index contributed by atoms with van der Waals surface area (Å²) in [4.78, 5) is 24.1. The summed E-state index contributed by atoms with van der Waals surface area (Å²) >= 11 is 9.37. The predicted molar refractivity (Wildman–Crippen MR) is 95.1 cm³/mol. The molecule has 3 nitrogen and oxygen atoms in total. The average molecular weight is 393 g/mol. The SMILES string of the molecule is CC(=O)c1ccc(Br)cc1NC(=O)[C@H]1C[C@@H]1c1cccc(Cl)c1. The molecule has 1 saturated carbocycles. The molecule has 0 unspecified atom stereocenters. The fourth-order valence-corrected chi connectivity index (χ4v) is 3.30. The van der Waals surface area contributed by atoms with E-state index in [9.17, 15) is 9.59 Å². The number of hydrogen-bond donors (Lipinski definition) is 1. The van der Waals surface area contributed by atoms with Gasteiger partial charge in [0, 0.05) is 21.0 Å². The molecule has 2 aromatic carbocycles. The van der Waals surface area contributed by atoms with Crippen LogP contribution in [0.3, 0.4) is 0 Å². The number of ketones is 1. The summed E-state index contributed by atoms with van der Waals surface area (Å²) in [5.41, 5.74) is 2.15. The zero-order valence-corrected chi connectivity index (χ0v) is 14.8. The molecule has 1 aliphatic carbocycles. The van der Waals surface area contributed by atoms with Crippen LogP contribution in [0.2, 0.25) is 5.02 Å². The number of amides is 1. The summed E-state index contributed by atoms with van der Waals surface area (Å²) in [5.74, 6) is -0.0144. The molecule has 0 radical (unpaired) electrons. The molecule has 1 aliphatic rings. The quantitative estimate of drug-likeness (QED) is 0.740. The molecule has 118 valence electrons. The Morgan fingerprint density at radius 1 is 1.22 bits per heavy atom. The van der Waals surface area contributed by atoms with E-state index in [0.717, 1.165) is 16.5 Å². The van der Waals surface area contributed by atoms with Gasteiger partial charge in [0.1, 0.15) is 0 Å². The van der Waals surface area contributed by atoms with Gasteiger partial charge in [-0.3, -0.25) is 9.59 Å². The van der Waals surface area contributed by atoms with Crippen LogP contribution in [0.1, 0.15) is 35.2 Å². The van der Waals surface area contributed by atoms with Crippen LogP contribution in [0.25, 0.3) is 0 Å². The summed E-state index contributed by atoms with van der Waals surface area (Å²) in [6, 6.07) is 12.9. The van der Waals surface area contributed by atoms with Gasteiger partial charge in [-0.05, 0) is 55.2 Å². The molecule has 1 amide bonds. The summed E-state index contributed by atoms with van der Waals surface area (Å²) in [6.45, 7) is 1.49. The molecule has 0 spiro atoms. The minimum Gasteiger partial charge on any atom is -0.325 e. The van der Waals surface area contributed by atoms with E-state index >= 15 is 0 Å². The summed E-state index contributed by atoms with van der Waals surface area (Å²) < 4.78 is 0.819. The van der Waals surface area contributed by atoms with Gasteiger partial charge in [0.05, 0.1) is 5.69 Å². The Bertz CT molecular complexity index is 790. The highest BCUT2D eigenvalue weighted by molar-refractivity contribution is 9.10. The number of anilines is 1. The Morgan fingerprint density at radius 2 is 2.00 bits per heavy atom. The lowest BCUT2D eigenvalue weighted by molar-refractivity contribution is -0.117. The van der Waals surface area contributed by atoms with Crippen molar-refractivity contribution in [1.82, 2.24) is 0 Å². The minimum absolute atomic E-state index is 0.0597. The zero-order valence-electron chi connectivity index (χ0n) is 12.5. The second-order valence-electron chi connectivity index (χ2n) is 5.74. The highest BCUT2D eigenvalue weighted by Gasteiger charge is 2.44. The molecule has 0 saturated heterocycles. The van der Waals surface area contributed by atoms with E-state index in [2.05, 4.69) is 21.2 Å². The van der Waals surface area contributed by atoms with E-state index < -0.39 is 0 Å². The van der Waals surface area contributed by atoms with Crippen LogP contribution < -0.4 is 5.32 Å². The number of carbonyl (C=O) groups excluding carboxylic acids is 2. The lowest BCUT2D eigenvalue weighted by atomic mass is 10.1. The van der Waals surface area contributed by atoms with Gasteiger partial charge in [-0.1, -0.05) is 39.7 Å². The van der Waals surface area contributed by atoms with Crippen molar-refractivity contribution in [2.75, 3.05) is 5.32 Å². The third-order valence-electron chi connectivity index (χ3n) is 4.02. The highest BCUT2D eigenvalue weighted by atomic mass is 79.9. The van der Waals surface area contributed by atoms with E-state index in [1.165, 1.54) is 6.92 Å². The lowest BCUT2D eigenvalue weighted by Gasteiger charge is -2.10. The first-order valence-electron chi connectivity index (χ1n) is 7.32. The van der Waals surface area contributed by atoms with Gasteiger partial charge in [-0.25, -0.2) is 0 Å². The van der Waals surface area contributed by atoms with Gasteiger partial charge in [-0.15, -0.1) is 0 Å². The number of halogens is 2. The van der Waals surface area contributed by atoms with Gasteiger partial charge in [-0.2, -0.15) is 0 Å². The Labute approximate surface area is 148 Å². The maximum Gasteiger partial charge on any atom is 0.228 e. The maximum atomic E-state index is 12.5. The predicted octanol–water partition coefficient (Wildman–Crippen LogP) is 5.05. The topological polar surface area (TPSA) is 46.2 Å². The first-order valence-corrected chi connectivity index (χ1v) is 8.49. The van der Waals surface area contributed by atoms with Gasteiger partial charge in [0.2, 0.25) is 5.91 Å². The standard InChI is InChI=1S/C18H15BrClNO2/c1-10(22)14-6-5-12(19)8-17(14)21-18(23)16-9-15(16)11-3-2-4-13(20)7-11/h2-8,15-16H,9H2,1H3,(H,21,23)/t15-,16+/m1/s1. The number of hydrogen-bond acceptors (Lipinski definition) is 2. The number of rotatable bonds is 4. The molecule has 2 atom stereocenters. The minimum atomic E-state index is -0.0766. The molecule has 23 heavy (non-hydrogen) atoms. The number of carbonyl (C=O) groups is 2. The molecule has 0 bridgehead atoms. The second-order valence-corrected chi connectivity index (χ2v) is 7.09. The average Bonchev–Trinajstić information content (AvgIpc) is 3.27. The van der Waals surface area contributed by atoms with Crippen LogP contribution in [-0.4, -0.2) is 11.7 Å². The van der Waals surface area contributed by atoms with Crippen LogP contribution in [0.5, 0.6) is 0 Å². The van der Waals surface area contributed by atoms with Crippen LogP contribution in [0.4, 0.5) is 5.69 Å². The Morgan fingerprint density at radius 3 is 2.70 bits per heavy atom. The van der Waals surface area contributed by atoms with Crippen LogP contribution >= 0.6 is 27.5 Å². The van der Waals surface area contributed by atoms with E-state index in [4.69, 9.17) is 11.6 Å². The van der Waals surface area contributed by atoms with Gasteiger partial charge in [0.25, 0.3) is 0 Å². The second kappa shape index (κ2) is 6.46. The van der Waals surface area contributed by atoms with Crippen molar-refractivity contribution in [1.29, 1.82) is 0 Å². The Balaban J connectivity index is 1.74. The lowest BCUT2D eigenvalue weighted by Crippen LogP contribution is -2.16. The maximum absolute atomic E-state index is 12.5. The molecule has 3 rings (SSSR count). The van der Waals surface area contributed by atoms with Crippen LogP contribution in [0, 0.1) is 5.92 Å². The summed E-state index contributed by atoms with van der Waals surface area (Å²) in [5, 5.41) is 3.57. The molecule has 1 N–H and O–H groups in total. The van der Waals surface area contributed by atoms with Gasteiger partial charge in [0.15, 0.2) is 5.78 Å². The van der Waals surface area contributed by atoms with Crippen molar-refractivity contribution < 1.29 is 9.59 Å². The van der Waals surface area contributed by atoms with E-state index in [0.29, 0.717) is 16.3 Å². The molecular weight excluding hydrogens is 378 g/mol. The molecule has 0 aliphatic heterocycles. The molecule has 0 aromatic heterocycles. The summed E-state index contributed by atoms with van der Waals surface area (Å²) in [7, 11) is 0. The Hall–Kier alpha value is -1.65. The van der Waals surface area contributed by atoms with Crippen LogP contribution in [-0.2, 0) is 4.79 Å². The highest BCUT2D eigenvalue weighted by Crippen LogP contribution is 2.48. The first kappa shape index (κ1) is 16.2. The number of Topliss-reactive ketones (excluding diaryl/α,β-unsaturated/α-hetero) is 1. The fourth-order valence-electron chi connectivity index (χ4n) is 2.74. The van der Waals surface area contributed by atoms with Crippen molar-refractivity contribution >= 4 is 44.9 Å². The third kappa shape index (κ3) is 3.65. The first-order chi connectivity index (χ1) is 11.0. The van der Waals surface area contributed by atoms with E-state index in [1.54, 1.807) is 18.2 Å². The fraction of sp³-hybridized carbons (Fsp3) is 0.222. The Kier molecular flexibility index (Phi) is 4.55. The summed E-state index contributed by atoms with van der Waals surface area (Å²) in [6.07, 6.45) is 0.801. The van der Waals surface area contributed by atoms with Crippen molar-refractivity contribution in [2.24, 2.45) is 5.92 Å². The normalized spacial score (nSPS) is 19.3. The molecule has 0 heterocycles. The molecule has 5 heteroatoms. The number of benzene rings is 2. The van der Waals surface area contributed by atoms with Gasteiger partial charge >= 0.3 is 0 Å². The van der Waals surface area contributed by atoms with E-state index in [-0.39, 0.29) is 23.5 Å². The smallest absolute Gasteiger partial charge is 0.228 e. The third-order valence-corrected chi connectivity index (χ3v) is 4.75. The monoisotopic (exact) mass is 391 g/mol. The largest absolute Gasteiger partial charge is 0.325 e. The van der Waals surface area contributed by atoms with Crippen molar-refractivity contribution in [3.8, 4) is 0 Å². The number of nitrogens with one attached hydrogen (secondary N) is 1. The molecule has 2 aromatic rings. The van der Waals surface area contributed by atoms with Crippen molar-refractivity contribution in [2.45, 2.75) is 19.3 Å².